The Kier molecular flexibility index (Phi) is 8.23. The fraction of sp³-hybridized carbons (Fsp3) is 0.448. The van der Waals surface area contributed by atoms with Gasteiger partial charge in [-0.25, -0.2) is 15.0 Å². The Hall–Kier alpha value is -3.31. The van der Waals surface area contributed by atoms with Gasteiger partial charge in [0.25, 0.3) is 0 Å². The second-order valence-electron chi connectivity index (χ2n) is 9.83. The van der Waals surface area contributed by atoms with Crippen molar-refractivity contribution < 1.29 is 0 Å². The summed E-state index contributed by atoms with van der Waals surface area (Å²) < 4.78 is 2.08. The van der Waals surface area contributed by atoms with Crippen LogP contribution in [0.4, 0.5) is 5.82 Å². The molecule has 0 bridgehead atoms. The molecule has 37 heavy (non-hydrogen) atoms. The summed E-state index contributed by atoms with van der Waals surface area (Å²) in [4.78, 5) is 15.8. The first-order valence-electron chi connectivity index (χ1n) is 13.0. The minimum atomic E-state index is -0.792. The van der Waals surface area contributed by atoms with Crippen LogP contribution in [0.2, 0.25) is 0 Å². The maximum absolute atomic E-state index is 6.20. The molecule has 1 atom stereocenters. The minimum absolute atomic E-state index is 0.206. The zero-order chi connectivity index (χ0) is 26.6. The summed E-state index contributed by atoms with van der Waals surface area (Å²) in [6.07, 6.45) is 14.1. The van der Waals surface area contributed by atoms with E-state index in [1.807, 2.05) is 25.4 Å². The van der Waals surface area contributed by atoms with E-state index in [1.165, 1.54) is 11.3 Å². The van der Waals surface area contributed by atoms with E-state index in [1.54, 1.807) is 11.8 Å². The third-order valence-electron chi connectivity index (χ3n) is 6.91. The van der Waals surface area contributed by atoms with Gasteiger partial charge in [-0.2, -0.15) is 5.10 Å². The number of aromatic amines is 1. The van der Waals surface area contributed by atoms with Crippen molar-refractivity contribution in [3.63, 3.8) is 0 Å². The van der Waals surface area contributed by atoms with E-state index < -0.39 is 5.41 Å². The Morgan fingerprint density at radius 1 is 1.22 bits per heavy atom. The van der Waals surface area contributed by atoms with Gasteiger partial charge in [-0.15, -0.1) is 18.2 Å². The monoisotopic (exact) mass is 515 g/mol. The SMILES string of the molecule is C#CC(C)(c1nc(NCCCc2c(C)n[nH]c2CCC)c2ncn(C(C)C)c2n1)c1ccccc1SC. The molecule has 0 saturated heterocycles. The van der Waals surface area contributed by atoms with Crippen molar-refractivity contribution in [3.05, 3.63) is 58.9 Å². The van der Waals surface area contributed by atoms with Crippen LogP contribution in [0, 0.1) is 19.3 Å². The summed E-state index contributed by atoms with van der Waals surface area (Å²) in [6, 6.07) is 8.43. The largest absolute Gasteiger partial charge is 0.368 e. The molecule has 0 aliphatic carbocycles. The van der Waals surface area contributed by atoms with Gasteiger partial charge < -0.3 is 9.88 Å². The Bertz CT molecular complexity index is 1410. The number of hydrogen-bond donors (Lipinski definition) is 2. The number of H-pyrrole nitrogens is 1. The van der Waals surface area contributed by atoms with E-state index in [4.69, 9.17) is 16.4 Å². The third-order valence-corrected chi connectivity index (χ3v) is 7.71. The number of aryl methyl sites for hydroxylation is 2. The number of nitrogens with one attached hydrogen (secondary N) is 2. The van der Waals surface area contributed by atoms with Crippen LogP contribution in [0.5, 0.6) is 0 Å². The van der Waals surface area contributed by atoms with E-state index in [-0.39, 0.29) is 6.04 Å². The lowest BCUT2D eigenvalue weighted by atomic mass is 9.82. The van der Waals surface area contributed by atoms with Crippen LogP contribution in [-0.2, 0) is 18.3 Å². The fourth-order valence-corrected chi connectivity index (χ4v) is 5.43. The summed E-state index contributed by atoms with van der Waals surface area (Å²) in [7, 11) is 0. The Morgan fingerprint density at radius 3 is 2.70 bits per heavy atom. The quantitative estimate of drug-likeness (QED) is 0.143. The number of anilines is 1. The summed E-state index contributed by atoms with van der Waals surface area (Å²) in [5.41, 5.74) is 5.46. The van der Waals surface area contributed by atoms with Crippen molar-refractivity contribution in [1.29, 1.82) is 0 Å². The number of imidazole rings is 1. The average molecular weight is 516 g/mol. The zero-order valence-electron chi connectivity index (χ0n) is 22.7. The number of aromatic nitrogens is 6. The lowest BCUT2D eigenvalue weighted by molar-refractivity contribution is 0.606. The first-order chi connectivity index (χ1) is 17.8. The molecule has 3 heterocycles. The molecule has 0 aliphatic heterocycles. The molecular weight excluding hydrogens is 478 g/mol. The van der Waals surface area contributed by atoms with Gasteiger partial charge in [0.05, 0.1) is 12.0 Å². The van der Waals surface area contributed by atoms with Gasteiger partial charge in [0.1, 0.15) is 10.9 Å². The standard InChI is InChI=1S/C29H37N7S/c1-8-13-23-21(20(5)34-35-23)14-12-17-30-26-25-27(36(18-31-25)19(3)4)33-28(32-26)29(6,9-2)22-15-10-11-16-24(22)37-7/h2,10-11,15-16,18-19H,8,12-14,17H2,1,3-7H3,(H,34,35)(H,30,32,33). The molecule has 8 heteroatoms. The first-order valence-corrected chi connectivity index (χ1v) is 14.2. The maximum Gasteiger partial charge on any atom is 0.166 e. The third kappa shape index (κ3) is 5.24. The molecule has 7 nitrogen and oxygen atoms in total. The van der Waals surface area contributed by atoms with Gasteiger partial charge in [0.15, 0.2) is 17.3 Å². The highest BCUT2D eigenvalue weighted by Gasteiger charge is 2.33. The van der Waals surface area contributed by atoms with E-state index in [2.05, 4.69) is 77.1 Å². The normalized spacial score (nSPS) is 13.1. The molecule has 0 fully saturated rings. The van der Waals surface area contributed by atoms with Gasteiger partial charge in [-0.05, 0) is 70.4 Å². The average Bonchev–Trinajstić information content (AvgIpc) is 3.49. The summed E-state index contributed by atoms with van der Waals surface area (Å²) in [5.74, 6) is 4.35. The van der Waals surface area contributed by atoms with Crippen molar-refractivity contribution in [2.45, 2.75) is 76.7 Å². The lowest BCUT2D eigenvalue weighted by Crippen LogP contribution is -2.26. The Morgan fingerprint density at radius 2 is 2.00 bits per heavy atom. The van der Waals surface area contributed by atoms with E-state index in [0.29, 0.717) is 5.82 Å². The molecule has 4 rings (SSSR count). The molecule has 1 unspecified atom stereocenters. The molecule has 3 aromatic heterocycles. The molecule has 0 aliphatic rings. The number of benzene rings is 1. The second kappa shape index (κ2) is 11.4. The van der Waals surface area contributed by atoms with Gasteiger partial charge >= 0.3 is 0 Å². The fourth-order valence-electron chi connectivity index (χ4n) is 4.73. The van der Waals surface area contributed by atoms with Gasteiger partial charge in [-0.3, -0.25) is 5.10 Å². The second-order valence-corrected chi connectivity index (χ2v) is 10.7. The van der Waals surface area contributed by atoms with Crippen LogP contribution in [-0.4, -0.2) is 42.5 Å². The van der Waals surface area contributed by atoms with E-state index in [0.717, 1.165) is 65.4 Å². The highest BCUT2D eigenvalue weighted by atomic mass is 32.2. The van der Waals surface area contributed by atoms with E-state index in [9.17, 15) is 0 Å². The number of hydrogen-bond acceptors (Lipinski definition) is 6. The van der Waals surface area contributed by atoms with Crippen molar-refractivity contribution in [2.75, 3.05) is 18.1 Å². The molecule has 194 valence electrons. The lowest BCUT2D eigenvalue weighted by Gasteiger charge is -2.25. The number of nitrogens with zero attached hydrogens (tertiary/aromatic N) is 5. The van der Waals surface area contributed by atoms with Crippen molar-refractivity contribution in [2.24, 2.45) is 0 Å². The molecule has 0 saturated carbocycles. The summed E-state index contributed by atoms with van der Waals surface area (Å²) >= 11 is 1.68. The highest BCUT2D eigenvalue weighted by molar-refractivity contribution is 7.98. The van der Waals surface area contributed by atoms with Crippen LogP contribution in [0.15, 0.2) is 35.5 Å². The summed E-state index contributed by atoms with van der Waals surface area (Å²) in [6.45, 7) is 11.3. The van der Waals surface area contributed by atoms with Crippen LogP contribution in [0.1, 0.15) is 74.9 Å². The molecule has 1 aromatic carbocycles. The predicted molar refractivity (Wildman–Crippen MR) is 153 cm³/mol. The summed E-state index contributed by atoms with van der Waals surface area (Å²) in [5, 5.41) is 11.2. The number of terminal acetylenes is 1. The number of fused-ring (bicyclic) bond motifs is 1. The van der Waals surface area contributed by atoms with Gasteiger partial charge in [0, 0.05) is 23.2 Å². The Balaban J connectivity index is 1.69. The molecule has 2 N–H and O–H groups in total. The van der Waals surface area contributed by atoms with Crippen LogP contribution < -0.4 is 5.32 Å². The predicted octanol–water partition coefficient (Wildman–Crippen LogP) is 6.10. The molecule has 0 radical (unpaired) electrons. The van der Waals surface area contributed by atoms with Crippen LogP contribution >= 0.6 is 11.8 Å². The number of thioether (sulfide) groups is 1. The van der Waals surface area contributed by atoms with Crippen molar-refractivity contribution in [3.8, 4) is 12.3 Å². The van der Waals surface area contributed by atoms with E-state index >= 15 is 0 Å². The maximum atomic E-state index is 6.20. The first kappa shape index (κ1) is 26.7. The molecule has 0 amide bonds. The smallest absolute Gasteiger partial charge is 0.166 e. The molecule has 4 aromatic rings. The topological polar surface area (TPSA) is 84.3 Å². The molecule has 0 spiro atoms. The highest BCUT2D eigenvalue weighted by Crippen LogP contribution is 2.37. The van der Waals surface area contributed by atoms with Crippen molar-refractivity contribution >= 4 is 28.7 Å². The molecular formula is C29H37N7S. The van der Waals surface area contributed by atoms with Crippen LogP contribution in [0.25, 0.3) is 11.2 Å². The van der Waals surface area contributed by atoms with Gasteiger partial charge in [-0.1, -0.05) is 37.5 Å². The minimum Gasteiger partial charge on any atom is -0.368 e. The zero-order valence-corrected chi connectivity index (χ0v) is 23.5. The van der Waals surface area contributed by atoms with Crippen LogP contribution in [0.3, 0.4) is 0 Å². The van der Waals surface area contributed by atoms with Crippen molar-refractivity contribution in [1.82, 2.24) is 29.7 Å². The number of rotatable bonds is 11. The Labute approximate surface area is 224 Å². The van der Waals surface area contributed by atoms with Gasteiger partial charge in [0.2, 0.25) is 0 Å².